The molecule has 1 aromatic heterocycles. The average molecular weight is 597 g/mol. The predicted molar refractivity (Wildman–Crippen MR) is 164 cm³/mol. The number of fused-ring (bicyclic) bond motifs is 1. The summed E-state index contributed by atoms with van der Waals surface area (Å²) in [5.74, 6) is -0.514. The SMILES string of the molecule is COc1ccccc1C1SCC(=O)N(CC(=O)Nc2ccc(F)cc2)c2c1c(-c1ccccc1)nn2-c1ccc(F)cc1. The number of benzene rings is 4. The van der Waals surface area contributed by atoms with Gasteiger partial charge in [0.05, 0.1) is 29.5 Å². The van der Waals surface area contributed by atoms with Crippen LogP contribution in [0.3, 0.4) is 0 Å². The number of nitrogens with zero attached hydrogens (tertiary/aromatic N) is 3. The highest BCUT2D eigenvalue weighted by Gasteiger charge is 2.38. The summed E-state index contributed by atoms with van der Waals surface area (Å²) in [6.45, 7) is -0.330. The highest BCUT2D eigenvalue weighted by molar-refractivity contribution is 8.00. The second-order valence-electron chi connectivity index (χ2n) is 9.81. The number of rotatable bonds is 7. The molecule has 1 N–H and O–H groups in total. The van der Waals surface area contributed by atoms with Gasteiger partial charge in [-0.25, -0.2) is 13.5 Å². The quantitative estimate of drug-likeness (QED) is 0.228. The molecule has 1 unspecified atom stereocenters. The number of para-hydroxylation sites is 1. The Morgan fingerprint density at radius 1 is 0.930 bits per heavy atom. The average Bonchev–Trinajstić information content (AvgIpc) is 3.35. The summed E-state index contributed by atoms with van der Waals surface area (Å²) in [7, 11) is 1.60. The number of aromatic nitrogens is 2. The lowest BCUT2D eigenvalue weighted by Gasteiger charge is -2.23. The maximum absolute atomic E-state index is 14.0. The molecule has 1 aliphatic heterocycles. The Labute approximate surface area is 251 Å². The van der Waals surface area contributed by atoms with Gasteiger partial charge in [-0.2, -0.15) is 5.10 Å². The number of anilines is 2. The molecule has 0 saturated heterocycles. The zero-order valence-electron chi connectivity index (χ0n) is 23.0. The first-order chi connectivity index (χ1) is 20.9. The van der Waals surface area contributed by atoms with Gasteiger partial charge in [0.25, 0.3) is 0 Å². The van der Waals surface area contributed by atoms with Gasteiger partial charge in [-0.3, -0.25) is 14.5 Å². The van der Waals surface area contributed by atoms with Gasteiger partial charge in [0.15, 0.2) is 0 Å². The van der Waals surface area contributed by atoms with E-state index in [1.54, 1.807) is 23.9 Å². The van der Waals surface area contributed by atoms with Gasteiger partial charge < -0.3 is 10.1 Å². The van der Waals surface area contributed by atoms with E-state index in [1.165, 1.54) is 53.1 Å². The third-order valence-corrected chi connectivity index (χ3v) is 8.30. The van der Waals surface area contributed by atoms with Crippen LogP contribution in [0.15, 0.2) is 103 Å². The van der Waals surface area contributed by atoms with Gasteiger partial charge >= 0.3 is 0 Å². The summed E-state index contributed by atoms with van der Waals surface area (Å²) in [4.78, 5) is 28.6. The van der Waals surface area contributed by atoms with Gasteiger partial charge in [-0.05, 0) is 54.6 Å². The number of methoxy groups -OCH3 is 1. The third kappa shape index (κ3) is 5.74. The van der Waals surface area contributed by atoms with Crippen LogP contribution in [-0.4, -0.2) is 41.0 Å². The molecule has 1 aliphatic rings. The first-order valence-corrected chi connectivity index (χ1v) is 14.5. The lowest BCUT2D eigenvalue weighted by molar-refractivity contribution is -0.120. The lowest BCUT2D eigenvalue weighted by Crippen LogP contribution is -2.40. The standard InChI is InChI=1S/C33H26F2N4O3S/c1-42-27-10-6-5-9-26(27)32-30-31(21-7-3-2-4-8-21)37-39(25-17-13-23(35)14-18-25)33(30)38(29(41)20-43-32)19-28(40)36-24-15-11-22(34)12-16-24/h2-18,32H,19-20H2,1H3,(H,36,40). The number of halogens is 2. The molecule has 0 saturated carbocycles. The van der Waals surface area contributed by atoms with Crippen LogP contribution in [0, 0.1) is 11.6 Å². The molecular weight excluding hydrogens is 570 g/mol. The molecular formula is C33H26F2N4O3S. The van der Waals surface area contributed by atoms with Crippen molar-refractivity contribution in [3.63, 3.8) is 0 Å². The number of hydrogen-bond donors (Lipinski definition) is 1. The molecule has 7 nitrogen and oxygen atoms in total. The Bertz CT molecular complexity index is 1780. The van der Waals surface area contributed by atoms with Crippen molar-refractivity contribution in [2.45, 2.75) is 5.25 Å². The maximum atomic E-state index is 14.0. The topological polar surface area (TPSA) is 76.5 Å². The second-order valence-corrected chi connectivity index (χ2v) is 10.9. The summed E-state index contributed by atoms with van der Waals surface area (Å²) in [6, 6.07) is 28.4. The molecule has 1 atom stereocenters. The molecule has 10 heteroatoms. The fraction of sp³-hybridized carbons (Fsp3) is 0.121. The van der Waals surface area contributed by atoms with Crippen LogP contribution in [0.2, 0.25) is 0 Å². The molecule has 4 aromatic carbocycles. The molecule has 6 rings (SSSR count). The van der Waals surface area contributed by atoms with E-state index in [0.717, 1.165) is 11.1 Å². The molecule has 43 heavy (non-hydrogen) atoms. The number of hydrogen-bond acceptors (Lipinski definition) is 5. The number of amides is 2. The molecule has 2 amide bonds. The second kappa shape index (κ2) is 12.1. The van der Waals surface area contributed by atoms with E-state index in [1.807, 2.05) is 54.6 Å². The van der Waals surface area contributed by atoms with Crippen LogP contribution in [0.25, 0.3) is 16.9 Å². The van der Waals surface area contributed by atoms with Crippen molar-refractivity contribution in [2.24, 2.45) is 0 Å². The van der Waals surface area contributed by atoms with Crippen molar-refractivity contribution in [3.8, 4) is 22.7 Å². The van der Waals surface area contributed by atoms with E-state index < -0.39 is 22.8 Å². The van der Waals surface area contributed by atoms with Gasteiger partial charge in [-0.15, -0.1) is 11.8 Å². The Kier molecular flexibility index (Phi) is 7.93. The van der Waals surface area contributed by atoms with Gasteiger partial charge in [-0.1, -0.05) is 48.5 Å². The van der Waals surface area contributed by atoms with E-state index in [4.69, 9.17) is 9.84 Å². The van der Waals surface area contributed by atoms with E-state index in [9.17, 15) is 18.4 Å². The van der Waals surface area contributed by atoms with Crippen molar-refractivity contribution in [1.29, 1.82) is 0 Å². The summed E-state index contributed by atoms with van der Waals surface area (Å²) < 4.78 is 34.8. The Hall–Kier alpha value is -4.96. The zero-order chi connectivity index (χ0) is 29.9. The Balaban J connectivity index is 1.56. The largest absolute Gasteiger partial charge is 0.496 e. The minimum atomic E-state index is -0.472. The van der Waals surface area contributed by atoms with Crippen molar-refractivity contribution in [2.75, 3.05) is 29.6 Å². The summed E-state index contributed by atoms with van der Waals surface area (Å²) in [5.41, 5.74) is 3.89. The van der Waals surface area contributed by atoms with Crippen LogP contribution >= 0.6 is 11.8 Å². The number of carbonyl (C=O) groups is 2. The summed E-state index contributed by atoms with van der Waals surface area (Å²) in [6.07, 6.45) is 0. The fourth-order valence-corrected chi connectivity index (χ4v) is 6.32. The van der Waals surface area contributed by atoms with Crippen molar-refractivity contribution in [3.05, 3.63) is 126 Å². The number of carbonyl (C=O) groups excluding carboxylic acids is 2. The maximum Gasteiger partial charge on any atom is 0.244 e. The van der Waals surface area contributed by atoms with E-state index in [-0.39, 0.29) is 18.2 Å². The molecule has 0 fully saturated rings. The minimum Gasteiger partial charge on any atom is -0.496 e. The highest BCUT2D eigenvalue weighted by Crippen LogP contribution is 2.50. The number of thioether (sulfide) groups is 1. The van der Waals surface area contributed by atoms with Crippen molar-refractivity contribution < 1.29 is 23.1 Å². The van der Waals surface area contributed by atoms with Crippen LogP contribution in [0.1, 0.15) is 16.4 Å². The molecule has 0 bridgehead atoms. The van der Waals surface area contributed by atoms with Crippen molar-refractivity contribution in [1.82, 2.24) is 9.78 Å². The molecule has 216 valence electrons. The lowest BCUT2D eigenvalue weighted by atomic mass is 9.99. The zero-order valence-corrected chi connectivity index (χ0v) is 23.9. The molecule has 5 aromatic rings. The smallest absolute Gasteiger partial charge is 0.244 e. The van der Waals surface area contributed by atoms with E-state index in [0.29, 0.717) is 34.2 Å². The minimum absolute atomic E-state index is 0.0683. The van der Waals surface area contributed by atoms with Crippen LogP contribution < -0.4 is 15.0 Å². The number of nitrogens with one attached hydrogen (secondary N) is 1. The summed E-state index contributed by atoms with van der Waals surface area (Å²) in [5, 5.41) is 7.34. The Morgan fingerprint density at radius 2 is 1.58 bits per heavy atom. The predicted octanol–water partition coefficient (Wildman–Crippen LogP) is 6.63. The van der Waals surface area contributed by atoms with Crippen LogP contribution in [-0.2, 0) is 9.59 Å². The van der Waals surface area contributed by atoms with E-state index >= 15 is 0 Å². The normalized spacial score (nSPS) is 14.6. The monoisotopic (exact) mass is 596 g/mol. The molecule has 0 spiro atoms. The number of ether oxygens (including phenoxy) is 1. The fourth-order valence-electron chi connectivity index (χ4n) is 5.10. The van der Waals surface area contributed by atoms with Gasteiger partial charge in [0, 0.05) is 22.4 Å². The van der Waals surface area contributed by atoms with Crippen molar-refractivity contribution >= 4 is 35.1 Å². The molecule has 0 aliphatic carbocycles. The molecule has 2 heterocycles. The van der Waals surface area contributed by atoms with Gasteiger partial charge in [0.2, 0.25) is 11.8 Å². The van der Waals surface area contributed by atoms with E-state index in [2.05, 4.69) is 5.32 Å². The Morgan fingerprint density at radius 3 is 2.28 bits per heavy atom. The third-order valence-electron chi connectivity index (χ3n) is 7.06. The summed E-state index contributed by atoms with van der Waals surface area (Å²) >= 11 is 1.42. The highest BCUT2D eigenvalue weighted by atomic mass is 32.2. The first-order valence-electron chi connectivity index (χ1n) is 13.5. The van der Waals surface area contributed by atoms with Crippen LogP contribution in [0.4, 0.5) is 20.3 Å². The van der Waals surface area contributed by atoms with Gasteiger partial charge in [0.1, 0.15) is 29.7 Å². The molecule has 0 radical (unpaired) electrons. The van der Waals surface area contributed by atoms with Crippen LogP contribution in [0.5, 0.6) is 5.75 Å². The first kappa shape index (κ1) is 28.2.